The SMILES string of the molecule is CC(C)(c1cccc(N2c3ccccc3CCc3ccc(-c4cccc5cccnc45)nc32)n1)[Si](c1ccccc1)c1ccccc1. The van der Waals surface area contributed by atoms with E-state index in [4.69, 9.17) is 15.0 Å². The van der Waals surface area contributed by atoms with Gasteiger partial charge < -0.3 is 0 Å². The molecule has 0 N–H and O–H groups in total. The first-order valence-corrected chi connectivity index (χ1v) is 17.8. The molecule has 8 rings (SSSR count). The van der Waals surface area contributed by atoms with Crippen molar-refractivity contribution in [1.29, 1.82) is 0 Å². The highest BCUT2D eigenvalue weighted by Gasteiger charge is 2.38. The monoisotopic (exact) mass is 623 g/mol. The van der Waals surface area contributed by atoms with Crippen molar-refractivity contribution in [3.63, 3.8) is 0 Å². The van der Waals surface area contributed by atoms with Gasteiger partial charge in [-0.15, -0.1) is 0 Å². The molecule has 4 heterocycles. The molecule has 0 fully saturated rings. The van der Waals surface area contributed by atoms with Gasteiger partial charge >= 0.3 is 0 Å². The summed E-state index contributed by atoms with van der Waals surface area (Å²) >= 11 is 0. The molecule has 0 saturated heterocycles. The standard InChI is InChI=1S/C42H35N4Si/c1-42(2,47(33-17-5-3-6-18-33)34-19-7-4-8-20-34)38-23-12-24-39(45-38)46-37-22-10-9-14-30(37)25-26-32-27-28-36(44-41(32)46)35-21-11-15-31-16-13-29-43-40(31)35/h3-24,27-29H,25-26H2,1-2H3. The lowest BCUT2D eigenvalue weighted by atomic mass is 10.0. The highest BCUT2D eigenvalue weighted by molar-refractivity contribution is 6.87. The number of aromatic nitrogens is 3. The number of hydrogen-bond donors (Lipinski definition) is 0. The zero-order chi connectivity index (χ0) is 31.8. The minimum absolute atomic E-state index is 0.221. The molecule has 0 aliphatic carbocycles. The second-order valence-electron chi connectivity index (χ2n) is 12.6. The van der Waals surface area contributed by atoms with E-state index in [-0.39, 0.29) is 5.04 Å². The fourth-order valence-electron chi connectivity index (χ4n) is 7.00. The maximum absolute atomic E-state index is 5.53. The first-order chi connectivity index (χ1) is 23.1. The number of anilines is 3. The van der Waals surface area contributed by atoms with E-state index in [1.54, 1.807) is 0 Å². The minimum atomic E-state index is -1.27. The zero-order valence-corrected chi connectivity index (χ0v) is 27.6. The Morgan fingerprint density at radius 2 is 1.28 bits per heavy atom. The predicted molar refractivity (Wildman–Crippen MR) is 196 cm³/mol. The van der Waals surface area contributed by atoms with Crippen LogP contribution in [0.25, 0.3) is 22.2 Å². The Morgan fingerprint density at radius 3 is 2.06 bits per heavy atom. The van der Waals surface area contributed by atoms with Crippen LogP contribution in [0.15, 0.2) is 152 Å². The summed E-state index contributed by atoms with van der Waals surface area (Å²) in [5.74, 6) is 1.81. The fraction of sp³-hybridized carbons (Fsp3) is 0.119. The van der Waals surface area contributed by atoms with Gasteiger partial charge in [-0.25, -0.2) is 9.97 Å². The van der Waals surface area contributed by atoms with Crippen LogP contribution >= 0.6 is 0 Å². The summed E-state index contributed by atoms with van der Waals surface area (Å²) in [7, 11) is -1.27. The Balaban J connectivity index is 1.30. The summed E-state index contributed by atoms with van der Waals surface area (Å²) in [6, 6.07) is 52.0. The molecule has 0 spiro atoms. The second-order valence-corrected chi connectivity index (χ2v) is 15.8. The maximum atomic E-state index is 5.53. The van der Waals surface area contributed by atoms with Crippen molar-refractivity contribution in [2.75, 3.05) is 4.90 Å². The molecule has 1 aliphatic rings. The molecule has 0 bridgehead atoms. The molecule has 4 nitrogen and oxygen atoms in total. The highest BCUT2D eigenvalue weighted by Crippen LogP contribution is 2.42. The van der Waals surface area contributed by atoms with Crippen LogP contribution < -0.4 is 15.3 Å². The number of nitrogens with zero attached hydrogens (tertiary/aromatic N) is 4. The van der Waals surface area contributed by atoms with E-state index in [1.807, 2.05) is 12.3 Å². The summed E-state index contributed by atoms with van der Waals surface area (Å²) in [4.78, 5) is 18.0. The Morgan fingerprint density at radius 1 is 0.596 bits per heavy atom. The first-order valence-electron chi connectivity index (χ1n) is 16.3. The molecule has 7 aromatic rings. The molecule has 1 radical (unpaired) electrons. The van der Waals surface area contributed by atoms with Crippen molar-refractivity contribution in [2.24, 2.45) is 0 Å². The van der Waals surface area contributed by atoms with Crippen molar-refractivity contribution in [1.82, 2.24) is 15.0 Å². The van der Waals surface area contributed by atoms with Crippen LogP contribution in [0.3, 0.4) is 0 Å². The van der Waals surface area contributed by atoms with Crippen LogP contribution in [-0.2, 0) is 17.9 Å². The van der Waals surface area contributed by atoms with E-state index in [0.29, 0.717) is 0 Å². The van der Waals surface area contributed by atoms with Crippen LogP contribution in [0.4, 0.5) is 17.3 Å². The van der Waals surface area contributed by atoms with Crippen molar-refractivity contribution >= 4 is 47.4 Å². The molecule has 4 aromatic carbocycles. The van der Waals surface area contributed by atoms with E-state index < -0.39 is 8.80 Å². The lowest BCUT2D eigenvalue weighted by molar-refractivity contribution is 0.714. The molecular formula is C42H35N4Si. The van der Waals surface area contributed by atoms with Crippen molar-refractivity contribution in [3.05, 3.63) is 169 Å². The molecule has 3 aromatic heterocycles. The fourth-order valence-corrected chi connectivity index (χ4v) is 10.2. The summed E-state index contributed by atoms with van der Waals surface area (Å²) < 4.78 is 0. The molecule has 0 saturated carbocycles. The summed E-state index contributed by atoms with van der Waals surface area (Å²) in [5.41, 5.74) is 7.62. The van der Waals surface area contributed by atoms with Gasteiger partial charge in [0.15, 0.2) is 0 Å². The molecule has 1 aliphatic heterocycles. The van der Waals surface area contributed by atoms with Crippen LogP contribution in [0, 0.1) is 0 Å². The van der Waals surface area contributed by atoms with Gasteiger partial charge in [0.2, 0.25) is 0 Å². The minimum Gasteiger partial charge on any atom is -0.278 e. The average Bonchev–Trinajstić information content (AvgIpc) is 3.29. The summed E-state index contributed by atoms with van der Waals surface area (Å²) in [5, 5.41) is 3.64. The topological polar surface area (TPSA) is 41.9 Å². The third-order valence-corrected chi connectivity index (χ3v) is 12.7. The van der Waals surface area contributed by atoms with Crippen molar-refractivity contribution < 1.29 is 0 Å². The van der Waals surface area contributed by atoms with Crippen LogP contribution in [-0.4, -0.2) is 23.7 Å². The Bertz CT molecular complexity index is 2150. The molecule has 0 unspecified atom stereocenters. The first kappa shape index (κ1) is 29.0. The van der Waals surface area contributed by atoms with Crippen LogP contribution in [0.1, 0.15) is 30.7 Å². The average molecular weight is 624 g/mol. The second kappa shape index (κ2) is 12.1. The third kappa shape index (κ3) is 5.33. The lowest BCUT2D eigenvalue weighted by Crippen LogP contribution is -2.56. The lowest BCUT2D eigenvalue weighted by Gasteiger charge is -2.34. The van der Waals surface area contributed by atoms with Gasteiger partial charge in [0.05, 0.1) is 16.9 Å². The summed E-state index contributed by atoms with van der Waals surface area (Å²) in [6.45, 7) is 4.73. The molecule has 47 heavy (non-hydrogen) atoms. The quantitative estimate of drug-likeness (QED) is 0.175. The van der Waals surface area contributed by atoms with Gasteiger partial charge in [-0.05, 0) is 54.3 Å². The largest absolute Gasteiger partial charge is 0.278 e. The molecule has 0 amide bonds. The highest BCUT2D eigenvalue weighted by atomic mass is 28.3. The van der Waals surface area contributed by atoms with Gasteiger partial charge in [0.1, 0.15) is 20.4 Å². The molecule has 5 heteroatoms. The molecule has 0 atom stereocenters. The van der Waals surface area contributed by atoms with Crippen LogP contribution in [0.2, 0.25) is 0 Å². The Hall–Kier alpha value is -5.39. The van der Waals surface area contributed by atoms with Crippen molar-refractivity contribution in [3.8, 4) is 11.3 Å². The number of hydrogen-bond acceptors (Lipinski definition) is 4. The molecular weight excluding hydrogens is 589 g/mol. The van der Waals surface area contributed by atoms with Crippen molar-refractivity contribution in [2.45, 2.75) is 31.7 Å². The van der Waals surface area contributed by atoms with Gasteiger partial charge in [-0.3, -0.25) is 9.88 Å². The number of fused-ring (bicyclic) bond motifs is 3. The normalized spacial score (nSPS) is 12.9. The summed E-state index contributed by atoms with van der Waals surface area (Å²) in [6.07, 6.45) is 3.71. The number of para-hydroxylation sites is 2. The van der Waals surface area contributed by atoms with E-state index in [0.717, 1.165) is 58.0 Å². The number of benzene rings is 4. The van der Waals surface area contributed by atoms with Crippen LogP contribution in [0.5, 0.6) is 0 Å². The zero-order valence-electron chi connectivity index (χ0n) is 26.6. The van der Waals surface area contributed by atoms with Gasteiger partial charge in [0, 0.05) is 27.9 Å². The van der Waals surface area contributed by atoms with E-state index in [2.05, 4.69) is 158 Å². The maximum Gasteiger partial charge on any atom is 0.142 e. The number of pyridine rings is 3. The van der Waals surface area contributed by atoms with Gasteiger partial charge in [-0.2, -0.15) is 0 Å². The van der Waals surface area contributed by atoms with E-state index >= 15 is 0 Å². The van der Waals surface area contributed by atoms with E-state index in [1.165, 1.54) is 21.5 Å². The Kier molecular flexibility index (Phi) is 7.47. The third-order valence-electron chi connectivity index (χ3n) is 9.33. The number of rotatable bonds is 6. The predicted octanol–water partition coefficient (Wildman–Crippen LogP) is 8.39. The van der Waals surface area contributed by atoms with E-state index in [9.17, 15) is 0 Å². The van der Waals surface area contributed by atoms with Gasteiger partial charge in [0.25, 0.3) is 0 Å². The number of aryl methyl sites for hydroxylation is 2. The Labute approximate surface area is 278 Å². The molecule has 227 valence electrons. The van der Waals surface area contributed by atoms with Gasteiger partial charge in [-0.1, -0.05) is 139 Å². The smallest absolute Gasteiger partial charge is 0.142 e.